The SMILES string of the molecule is Cc1cccc(COc2ccccc2/C=C2/SC(=O)N(CC(=O)Nc3cc(Cl)ccc3C)C2=O)c1. The zero-order valence-corrected chi connectivity index (χ0v) is 20.8. The van der Waals surface area contributed by atoms with Gasteiger partial charge in [0, 0.05) is 16.3 Å². The van der Waals surface area contributed by atoms with Gasteiger partial charge in [0.1, 0.15) is 18.9 Å². The Morgan fingerprint density at radius 2 is 1.86 bits per heavy atom. The summed E-state index contributed by atoms with van der Waals surface area (Å²) >= 11 is 6.80. The minimum Gasteiger partial charge on any atom is -0.488 e. The van der Waals surface area contributed by atoms with Crippen LogP contribution in [0.1, 0.15) is 22.3 Å². The fraction of sp³-hybridized carbons (Fsp3) is 0.148. The fourth-order valence-electron chi connectivity index (χ4n) is 3.53. The Hall–Kier alpha value is -3.55. The van der Waals surface area contributed by atoms with Crippen molar-refractivity contribution in [3.63, 3.8) is 0 Å². The highest BCUT2D eigenvalue weighted by Crippen LogP contribution is 2.34. The van der Waals surface area contributed by atoms with Crippen molar-refractivity contribution in [2.24, 2.45) is 0 Å². The lowest BCUT2D eigenvalue weighted by molar-refractivity contribution is -0.127. The molecule has 6 nitrogen and oxygen atoms in total. The third-order valence-corrected chi connectivity index (χ3v) is 6.47. The number of benzene rings is 3. The zero-order valence-electron chi connectivity index (χ0n) is 19.2. The molecule has 3 aromatic carbocycles. The van der Waals surface area contributed by atoms with E-state index in [1.54, 1.807) is 24.3 Å². The van der Waals surface area contributed by atoms with E-state index in [1.165, 1.54) is 0 Å². The number of hydrogen-bond acceptors (Lipinski definition) is 5. The summed E-state index contributed by atoms with van der Waals surface area (Å²) in [5, 5.41) is 2.68. The van der Waals surface area contributed by atoms with Gasteiger partial charge in [-0.3, -0.25) is 19.3 Å². The number of carbonyl (C=O) groups excluding carboxylic acids is 3. The Bertz CT molecular complexity index is 1340. The monoisotopic (exact) mass is 506 g/mol. The largest absolute Gasteiger partial charge is 0.488 e. The Morgan fingerprint density at radius 1 is 1.06 bits per heavy atom. The number of nitrogens with one attached hydrogen (secondary N) is 1. The first-order chi connectivity index (χ1) is 16.8. The van der Waals surface area contributed by atoms with Gasteiger partial charge >= 0.3 is 0 Å². The summed E-state index contributed by atoms with van der Waals surface area (Å²) in [6.45, 7) is 3.83. The maximum atomic E-state index is 12.9. The van der Waals surface area contributed by atoms with E-state index in [-0.39, 0.29) is 11.4 Å². The first-order valence-corrected chi connectivity index (χ1v) is 12.1. The molecule has 0 unspecified atom stereocenters. The molecule has 0 aliphatic carbocycles. The molecular formula is C27H23ClN2O4S. The molecule has 0 aromatic heterocycles. The van der Waals surface area contributed by atoms with E-state index in [0.29, 0.717) is 28.6 Å². The minimum atomic E-state index is -0.522. The molecule has 1 aliphatic rings. The number of para-hydroxylation sites is 1. The van der Waals surface area contributed by atoms with Crippen LogP contribution >= 0.6 is 23.4 Å². The second-order valence-corrected chi connectivity index (χ2v) is 9.52. The van der Waals surface area contributed by atoms with Crippen molar-refractivity contribution in [2.75, 3.05) is 11.9 Å². The predicted molar refractivity (Wildman–Crippen MR) is 139 cm³/mol. The van der Waals surface area contributed by atoms with Crippen molar-refractivity contribution in [3.05, 3.63) is 98.9 Å². The third kappa shape index (κ3) is 6.12. The summed E-state index contributed by atoms with van der Waals surface area (Å²) < 4.78 is 5.99. The van der Waals surface area contributed by atoms with Gasteiger partial charge in [-0.2, -0.15) is 0 Å². The van der Waals surface area contributed by atoms with Crippen molar-refractivity contribution >= 4 is 52.2 Å². The number of nitrogens with zero attached hydrogens (tertiary/aromatic N) is 1. The molecule has 178 valence electrons. The number of rotatable bonds is 7. The van der Waals surface area contributed by atoms with E-state index in [0.717, 1.165) is 33.4 Å². The smallest absolute Gasteiger partial charge is 0.294 e. The summed E-state index contributed by atoms with van der Waals surface area (Å²) in [6, 6.07) is 20.4. The van der Waals surface area contributed by atoms with Crippen molar-refractivity contribution in [1.29, 1.82) is 0 Å². The molecule has 0 atom stereocenters. The number of ether oxygens (including phenoxy) is 1. The van der Waals surface area contributed by atoms with Crippen LogP contribution in [-0.2, 0) is 16.2 Å². The topological polar surface area (TPSA) is 75.7 Å². The Balaban J connectivity index is 1.46. The van der Waals surface area contributed by atoms with Gasteiger partial charge in [-0.25, -0.2) is 0 Å². The molecule has 0 spiro atoms. The zero-order chi connectivity index (χ0) is 24.9. The molecule has 1 heterocycles. The van der Waals surface area contributed by atoms with Crippen LogP contribution in [0.4, 0.5) is 10.5 Å². The van der Waals surface area contributed by atoms with E-state index >= 15 is 0 Å². The van der Waals surface area contributed by atoms with Crippen LogP contribution in [0.15, 0.2) is 71.6 Å². The summed E-state index contributed by atoms with van der Waals surface area (Å²) in [4.78, 5) is 39.1. The van der Waals surface area contributed by atoms with Gasteiger partial charge in [-0.1, -0.05) is 65.7 Å². The number of halogens is 1. The number of hydrogen-bond donors (Lipinski definition) is 1. The van der Waals surface area contributed by atoms with E-state index in [1.807, 2.05) is 62.4 Å². The molecule has 0 saturated carbocycles. The van der Waals surface area contributed by atoms with Gasteiger partial charge in [-0.05, 0) is 61.0 Å². The van der Waals surface area contributed by atoms with Crippen molar-refractivity contribution in [2.45, 2.75) is 20.5 Å². The average Bonchev–Trinajstić information content (AvgIpc) is 3.08. The molecule has 1 saturated heterocycles. The average molecular weight is 507 g/mol. The molecule has 1 fully saturated rings. The Labute approximate surface area is 212 Å². The second kappa shape index (κ2) is 10.8. The van der Waals surface area contributed by atoms with Gasteiger partial charge in [0.2, 0.25) is 5.91 Å². The van der Waals surface area contributed by atoms with Gasteiger partial charge in [0.25, 0.3) is 11.1 Å². The molecule has 3 aromatic rings. The van der Waals surface area contributed by atoms with Gasteiger partial charge in [0.05, 0.1) is 4.91 Å². The van der Waals surface area contributed by atoms with Crippen LogP contribution in [0.3, 0.4) is 0 Å². The highest BCUT2D eigenvalue weighted by molar-refractivity contribution is 8.18. The molecule has 3 amide bonds. The van der Waals surface area contributed by atoms with E-state index in [9.17, 15) is 14.4 Å². The van der Waals surface area contributed by atoms with Gasteiger partial charge in [0.15, 0.2) is 0 Å². The molecule has 0 bridgehead atoms. The van der Waals surface area contributed by atoms with Crippen LogP contribution in [0, 0.1) is 13.8 Å². The lowest BCUT2D eigenvalue weighted by Gasteiger charge is -2.14. The highest BCUT2D eigenvalue weighted by atomic mass is 35.5. The van der Waals surface area contributed by atoms with E-state index < -0.39 is 17.1 Å². The summed E-state index contributed by atoms with van der Waals surface area (Å²) in [7, 11) is 0. The molecule has 4 rings (SSSR count). The van der Waals surface area contributed by atoms with Crippen LogP contribution in [0.2, 0.25) is 5.02 Å². The molecule has 0 radical (unpaired) electrons. The molecule has 8 heteroatoms. The van der Waals surface area contributed by atoms with Crippen molar-refractivity contribution in [3.8, 4) is 5.75 Å². The Morgan fingerprint density at radius 3 is 2.66 bits per heavy atom. The third-order valence-electron chi connectivity index (χ3n) is 5.33. The highest BCUT2D eigenvalue weighted by Gasteiger charge is 2.36. The Kier molecular flexibility index (Phi) is 7.58. The first-order valence-electron chi connectivity index (χ1n) is 10.9. The number of thioether (sulfide) groups is 1. The summed E-state index contributed by atoms with van der Waals surface area (Å²) in [5.41, 5.74) is 4.19. The van der Waals surface area contributed by atoms with Gasteiger partial charge in [-0.15, -0.1) is 0 Å². The summed E-state index contributed by atoms with van der Waals surface area (Å²) in [5.74, 6) is -0.415. The maximum Gasteiger partial charge on any atom is 0.294 e. The molecule has 1 N–H and O–H groups in total. The van der Waals surface area contributed by atoms with Crippen LogP contribution in [-0.4, -0.2) is 28.5 Å². The first kappa shape index (κ1) is 24.6. The quantitative estimate of drug-likeness (QED) is 0.385. The molecule has 35 heavy (non-hydrogen) atoms. The number of anilines is 1. The summed E-state index contributed by atoms with van der Waals surface area (Å²) in [6.07, 6.45) is 1.62. The van der Waals surface area contributed by atoms with E-state index in [4.69, 9.17) is 16.3 Å². The number of carbonyl (C=O) groups is 3. The standard InChI is InChI=1S/C27H23ClN2O4S/c1-17-6-5-7-19(12-17)16-34-23-9-4-3-8-20(23)13-24-26(32)30(27(33)35-24)15-25(31)29-22-14-21(28)11-10-18(22)2/h3-14H,15-16H2,1-2H3,(H,29,31)/b24-13+. The normalized spacial score (nSPS) is 14.5. The molecular weight excluding hydrogens is 484 g/mol. The maximum absolute atomic E-state index is 12.9. The van der Waals surface area contributed by atoms with Crippen molar-refractivity contribution < 1.29 is 19.1 Å². The number of imide groups is 1. The van der Waals surface area contributed by atoms with E-state index in [2.05, 4.69) is 5.32 Å². The second-order valence-electron chi connectivity index (χ2n) is 8.09. The fourth-order valence-corrected chi connectivity index (χ4v) is 4.54. The molecule has 1 aliphatic heterocycles. The lowest BCUT2D eigenvalue weighted by Crippen LogP contribution is -2.36. The lowest BCUT2D eigenvalue weighted by atomic mass is 10.1. The number of amides is 3. The number of aryl methyl sites for hydroxylation is 2. The minimum absolute atomic E-state index is 0.230. The van der Waals surface area contributed by atoms with Gasteiger partial charge < -0.3 is 10.1 Å². The van der Waals surface area contributed by atoms with Crippen LogP contribution in [0.25, 0.3) is 6.08 Å². The predicted octanol–water partition coefficient (Wildman–Crippen LogP) is 6.21. The van der Waals surface area contributed by atoms with Crippen LogP contribution < -0.4 is 10.1 Å². The van der Waals surface area contributed by atoms with Crippen molar-refractivity contribution in [1.82, 2.24) is 4.90 Å². The van der Waals surface area contributed by atoms with Crippen LogP contribution in [0.5, 0.6) is 5.75 Å².